The van der Waals surface area contributed by atoms with Crippen LogP contribution in [0.15, 0.2) is 67.0 Å². The van der Waals surface area contributed by atoms with E-state index in [1.54, 1.807) is 12.4 Å². The third kappa shape index (κ3) is 1.89. The summed E-state index contributed by atoms with van der Waals surface area (Å²) in [6.45, 7) is 0. The summed E-state index contributed by atoms with van der Waals surface area (Å²) in [7, 11) is 0. The lowest BCUT2D eigenvalue weighted by Crippen LogP contribution is -2.00. The van der Waals surface area contributed by atoms with Crippen molar-refractivity contribution in [1.82, 2.24) is 4.98 Å². The zero-order valence-electron chi connectivity index (χ0n) is 9.71. The maximum atomic E-state index is 12.3. The molecule has 0 saturated heterocycles. The molecule has 2 nitrogen and oxygen atoms in total. The Balaban J connectivity index is 2.07. The molecule has 0 bridgehead atoms. The predicted molar refractivity (Wildman–Crippen MR) is 71.6 cm³/mol. The van der Waals surface area contributed by atoms with Crippen LogP contribution in [0, 0.1) is 0 Å². The zero-order valence-corrected chi connectivity index (χ0v) is 9.71. The molecule has 3 rings (SSSR count). The van der Waals surface area contributed by atoms with Crippen molar-refractivity contribution in [2.75, 3.05) is 0 Å². The Labute approximate surface area is 105 Å². The van der Waals surface area contributed by atoms with E-state index in [1.807, 2.05) is 54.6 Å². The average Bonchev–Trinajstić information content (AvgIpc) is 2.47. The number of ketones is 1. The predicted octanol–water partition coefficient (Wildman–Crippen LogP) is 3.47. The second-order valence-electron chi connectivity index (χ2n) is 4.13. The molecule has 0 aliphatic heterocycles. The highest BCUT2D eigenvalue weighted by molar-refractivity contribution is 6.10. The number of benzene rings is 2. The van der Waals surface area contributed by atoms with Crippen molar-refractivity contribution < 1.29 is 4.79 Å². The smallest absolute Gasteiger partial charge is 0.193 e. The highest BCUT2D eigenvalue weighted by atomic mass is 16.1. The average molecular weight is 233 g/mol. The van der Waals surface area contributed by atoms with Crippen molar-refractivity contribution in [2.24, 2.45) is 0 Å². The molecule has 0 unspecified atom stereocenters. The van der Waals surface area contributed by atoms with Gasteiger partial charge in [-0.2, -0.15) is 0 Å². The first-order chi connectivity index (χ1) is 8.84. The molecule has 1 aromatic heterocycles. The third-order valence-corrected chi connectivity index (χ3v) is 2.94. The fraction of sp³-hybridized carbons (Fsp3) is 0. The maximum Gasteiger partial charge on any atom is 0.193 e. The Morgan fingerprint density at radius 2 is 1.67 bits per heavy atom. The van der Waals surface area contributed by atoms with E-state index in [0.717, 1.165) is 10.8 Å². The Bertz CT molecular complexity index is 704. The molecular weight excluding hydrogens is 222 g/mol. The molecule has 3 aromatic rings. The Kier molecular flexibility index (Phi) is 2.61. The van der Waals surface area contributed by atoms with E-state index in [-0.39, 0.29) is 5.78 Å². The molecule has 0 atom stereocenters. The maximum absolute atomic E-state index is 12.3. The summed E-state index contributed by atoms with van der Waals surface area (Å²) in [4.78, 5) is 16.3. The molecule has 18 heavy (non-hydrogen) atoms. The van der Waals surface area contributed by atoms with Crippen LogP contribution < -0.4 is 0 Å². The van der Waals surface area contributed by atoms with Crippen molar-refractivity contribution in [3.63, 3.8) is 0 Å². The molecule has 0 fully saturated rings. The van der Waals surface area contributed by atoms with E-state index >= 15 is 0 Å². The number of nitrogens with zero attached hydrogens (tertiary/aromatic N) is 1. The van der Waals surface area contributed by atoms with Gasteiger partial charge in [-0.15, -0.1) is 0 Å². The van der Waals surface area contributed by atoms with Crippen LogP contribution in [0.2, 0.25) is 0 Å². The van der Waals surface area contributed by atoms with Gasteiger partial charge in [0.25, 0.3) is 0 Å². The molecule has 86 valence electrons. The largest absolute Gasteiger partial charge is 0.289 e. The first-order valence-corrected chi connectivity index (χ1v) is 5.78. The molecule has 0 N–H and O–H groups in total. The second-order valence-corrected chi connectivity index (χ2v) is 4.13. The number of fused-ring (bicyclic) bond motifs is 1. The van der Waals surface area contributed by atoms with E-state index in [0.29, 0.717) is 11.1 Å². The summed E-state index contributed by atoms with van der Waals surface area (Å²) in [5.74, 6) is 0.0429. The number of hydrogen-bond donors (Lipinski definition) is 0. The van der Waals surface area contributed by atoms with E-state index in [2.05, 4.69) is 4.98 Å². The number of rotatable bonds is 2. The summed E-state index contributed by atoms with van der Waals surface area (Å²) < 4.78 is 0. The second kappa shape index (κ2) is 4.41. The lowest BCUT2D eigenvalue weighted by Gasteiger charge is -2.03. The molecule has 2 aromatic carbocycles. The third-order valence-electron chi connectivity index (χ3n) is 2.94. The van der Waals surface area contributed by atoms with Gasteiger partial charge in [0.1, 0.15) is 0 Å². The summed E-state index contributed by atoms with van der Waals surface area (Å²) in [5, 5.41) is 2.08. The molecule has 0 spiro atoms. The van der Waals surface area contributed by atoms with Crippen molar-refractivity contribution in [3.05, 3.63) is 78.1 Å². The quantitative estimate of drug-likeness (QED) is 0.634. The van der Waals surface area contributed by atoms with Crippen molar-refractivity contribution in [2.45, 2.75) is 0 Å². The van der Waals surface area contributed by atoms with Gasteiger partial charge in [0, 0.05) is 28.9 Å². The highest BCUT2D eigenvalue weighted by Crippen LogP contribution is 2.17. The van der Waals surface area contributed by atoms with Crippen LogP contribution in [0.5, 0.6) is 0 Å². The fourth-order valence-electron chi connectivity index (χ4n) is 1.98. The normalized spacial score (nSPS) is 10.4. The van der Waals surface area contributed by atoms with Gasteiger partial charge in [0.2, 0.25) is 0 Å². The minimum Gasteiger partial charge on any atom is -0.289 e. The lowest BCUT2D eigenvalue weighted by molar-refractivity contribution is 0.103. The lowest BCUT2D eigenvalue weighted by atomic mass is 10.0. The summed E-state index contributed by atoms with van der Waals surface area (Å²) in [6, 6.07) is 16.9. The SMILES string of the molecule is O=C(c1ccccc1)c1ccc2ccncc2c1. The highest BCUT2D eigenvalue weighted by Gasteiger charge is 2.08. The van der Waals surface area contributed by atoms with Gasteiger partial charge in [-0.25, -0.2) is 0 Å². The number of aromatic nitrogens is 1. The number of carbonyl (C=O) groups excluding carboxylic acids is 1. The van der Waals surface area contributed by atoms with Crippen molar-refractivity contribution in [3.8, 4) is 0 Å². The first-order valence-electron chi connectivity index (χ1n) is 5.78. The summed E-state index contributed by atoms with van der Waals surface area (Å²) >= 11 is 0. The zero-order chi connectivity index (χ0) is 12.4. The molecule has 0 aliphatic rings. The molecule has 2 heteroatoms. The molecule has 0 radical (unpaired) electrons. The Morgan fingerprint density at radius 3 is 2.50 bits per heavy atom. The van der Waals surface area contributed by atoms with Crippen LogP contribution >= 0.6 is 0 Å². The number of pyridine rings is 1. The van der Waals surface area contributed by atoms with Crippen LogP contribution in [0.4, 0.5) is 0 Å². The van der Waals surface area contributed by atoms with Gasteiger partial charge in [-0.05, 0) is 17.5 Å². The minimum absolute atomic E-state index is 0.0429. The van der Waals surface area contributed by atoms with Crippen LogP contribution in [-0.2, 0) is 0 Å². The summed E-state index contributed by atoms with van der Waals surface area (Å²) in [5.41, 5.74) is 1.41. The van der Waals surface area contributed by atoms with Crippen LogP contribution in [-0.4, -0.2) is 10.8 Å². The summed E-state index contributed by atoms with van der Waals surface area (Å²) in [6.07, 6.45) is 3.53. The van der Waals surface area contributed by atoms with E-state index in [1.165, 1.54) is 0 Å². The van der Waals surface area contributed by atoms with Crippen molar-refractivity contribution >= 4 is 16.6 Å². The van der Waals surface area contributed by atoms with Gasteiger partial charge in [-0.1, -0.05) is 42.5 Å². The van der Waals surface area contributed by atoms with Gasteiger partial charge < -0.3 is 0 Å². The first kappa shape index (κ1) is 10.7. The number of carbonyl (C=O) groups is 1. The Morgan fingerprint density at radius 1 is 0.833 bits per heavy atom. The van der Waals surface area contributed by atoms with Crippen molar-refractivity contribution in [1.29, 1.82) is 0 Å². The molecule has 1 heterocycles. The monoisotopic (exact) mass is 233 g/mol. The van der Waals surface area contributed by atoms with E-state index < -0.39 is 0 Å². The molecule has 0 amide bonds. The molecule has 0 saturated carbocycles. The van der Waals surface area contributed by atoms with Crippen LogP contribution in [0.25, 0.3) is 10.8 Å². The minimum atomic E-state index is 0.0429. The van der Waals surface area contributed by atoms with Gasteiger partial charge >= 0.3 is 0 Å². The van der Waals surface area contributed by atoms with E-state index in [4.69, 9.17) is 0 Å². The Hall–Kier alpha value is -2.48. The van der Waals surface area contributed by atoms with Gasteiger partial charge in [0.05, 0.1) is 0 Å². The standard InChI is InChI=1S/C16H11NO/c18-16(13-4-2-1-3-5-13)14-7-6-12-8-9-17-11-15(12)10-14/h1-11H. The van der Waals surface area contributed by atoms with E-state index in [9.17, 15) is 4.79 Å². The fourth-order valence-corrected chi connectivity index (χ4v) is 1.98. The molecular formula is C16H11NO. The topological polar surface area (TPSA) is 30.0 Å². The molecule has 0 aliphatic carbocycles. The van der Waals surface area contributed by atoms with Gasteiger partial charge in [-0.3, -0.25) is 9.78 Å². The van der Waals surface area contributed by atoms with Gasteiger partial charge in [0.15, 0.2) is 5.78 Å². The van der Waals surface area contributed by atoms with Crippen LogP contribution in [0.3, 0.4) is 0 Å². The van der Waals surface area contributed by atoms with Crippen LogP contribution in [0.1, 0.15) is 15.9 Å². The number of hydrogen-bond acceptors (Lipinski definition) is 2.